The standard InChI is InChI=1S/C15H21FN2O/c1-18(13-3-4-13)7-6-17-10-14-9-11-8-12(16)2-5-15(11)19-14/h2,5,8,13-14,17H,3-4,6-7,9-10H2,1H3. The van der Waals surface area contributed by atoms with Crippen LogP contribution >= 0.6 is 0 Å². The van der Waals surface area contributed by atoms with Gasteiger partial charge in [-0.25, -0.2) is 4.39 Å². The molecule has 0 aromatic heterocycles. The Morgan fingerprint density at radius 2 is 2.26 bits per heavy atom. The molecule has 3 nitrogen and oxygen atoms in total. The maximum atomic E-state index is 13.1. The first-order valence-corrected chi connectivity index (χ1v) is 7.08. The molecule has 0 bridgehead atoms. The first kappa shape index (κ1) is 12.9. The number of nitrogens with one attached hydrogen (secondary N) is 1. The second kappa shape index (κ2) is 5.47. The quantitative estimate of drug-likeness (QED) is 0.793. The zero-order chi connectivity index (χ0) is 13.2. The number of nitrogens with zero attached hydrogens (tertiary/aromatic N) is 1. The number of benzene rings is 1. The van der Waals surface area contributed by atoms with Gasteiger partial charge in [0.15, 0.2) is 0 Å². The molecule has 0 spiro atoms. The lowest BCUT2D eigenvalue weighted by Gasteiger charge is -2.17. The molecule has 4 heteroatoms. The predicted molar refractivity (Wildman–Crippen MR) is 73.0 cm³/mol. The minimum atomic E-state index is -0.179. The third kappa shape index (κ3) is 3.25. The van der Waals surface area contributed by atoms with Crippen LogP contribution in [0.15, 0.2) is 18.2 Å². The average Bonchev–Trinajstić information content (AvgIpc) is 3.16. The Labute approximate surface area is 113 Å². The zero-order valence-electron chi connectivity index (χ0n) is 11.4. The molecule has 1 aromatic carbocycles. The number of rotatable bonds is 6. The summed E-state index contributed by atoms with van der Waals surface area (Å²) in [6.07, 6.45) is 3.65. The smallest absolute Gasteiger partial charge is 0.123 e. The Bertz CT molecular complexity index is 448. The van der Waals surface area contributed by atoms with Gasteiger partial charge in [0.25, 0.3) is 0 Å². The summed E-state index contributed by atoms with van der Waals surface area (Å²) < 4.78 is 18.9. The highest BCUT2D eigenvalue weighted by molar-refractivity contribution is 5.37. The molecule has 1 aromatic rings. The molecule has 3 rings (SSSR count). The van der Waals surface area contributed by atoms with Crippen LogP contribution in [0, 0.1) is 5.82 Å². The van der Waals surface area contributed by atoms with Gasteiger partial charge in [0.05, 0.1) is 0 Å². The lowest BCUT2D eigenvalue weighted by Crippen LogP contribution is -2.36. The number of hydrogen-bond acceptors (Lipinski definition) is 3. The second-order valence-electron chi connectivity index (χ2n) is 5.61. The Kier molecular flexibility index (Phi) is 3.71. The SMILES string of the molecule is CN(CCNCC1Cc2cc(F)ccc2O1)C1CC1. The van der Waals surface area contributed by atoms with Crippen LogP contribution in [0.5, 0.6) is 5.75 Å². The van der Waals surface area contributed by atoms with Gasteiger partial charge in [-0.05, 0) is 38.1 Å². The summed E-state index contributed by atoms with van der Waals surface area (Å²) in [4.78, 5) is 2.41. The highest BCUT2D eigenvalue weighted by atomic mass is 19.1. The van der Waals surface area contributed by atoms with E-state index < -0.39 is 0 Å². The van der Waals surface area contributed by atoms with Crippen LogP contribution in [0.25, 0.3) is 0 Å². The molecular formula is C15H21FN2O. The van der Waals surface area contributed by atoms with E-state index in [9.17, 15) is 4.39 Å². The molecule has 1 heterocycles. The van der Waals surface area contributed by atoms with E-state index in [4.69, 9.17) is 4.74 Å². The average molecular weight is 264 g/mol. The Balaban J connectivity index is 1.38. The van der Waals surface area contributed by atoms with Crippen molar-refractivity contribution < 1.29 is 9.13 Å². The van der Waals surface area contributed by atoms with Crippen molar-refractivity contribution in [3.63, 3.8) is 0 Å². The molecule has 0 saturated heterocycles. The molecule has 1 saturated carbocycles. The largest absolute Gasteiger partial charge is 0.488 e. The number of fused-ring (bicyclic) bond motifs is 1. The van der Waals surface area contributed by atoms with Gasteiger partial charge in [0, 0.05) is 37.7 Å². The van der Waals surface area contributed by atoms with Crippen molar-refractivity contribution in [2.24, 2.45) is 0 Å². The lowest BCUT2D eigenvalue weighted by atomic mass is 10.1. The van der Waals surface area contributed by atoms with E-state index in [-0.39, 0.29) is 11.9 Å². The van der Waals surface area contributed by atoms with Crippen molar-refractivity contribution in [3.8, 4) is 5.75 Å². The molecule has 1 aliphatic carbocycles. The topological polar surface area (TPSA) is 24.5 Å². The van der Waals surface area contributed by atoms with Gasteiger partial charge in [-0.1, -0.05) is 0 Å². The molecule has 2 aliphatic rings. The fourth-order valence-electron chi connectivity index (χ4n) is 2.62. The molecule has 0 amide bonds. The summed E-state index contributed by atoms with van der Waals surface area (Å²) in [6, 6.07) is 5.58. The van der Waals surface area contributed by atoms with E-state index in [1.807, 2.05) is 0 Å². The lowest BCUT2D eigenvalue weighted by molar-refractivity contribution is 0.223. The van der Waals surface area contributed by atoms with Crippen molar-refractivity contribution in [2.75, 3.05) is 26.7 Å². The van der Waals surface area contributed by atoms with E-state index >= 15 is 0 Å². The number of likely N-dealkylation sites (N-methyl/N-ethyl adjacent to an activating group) is 1. The fraction of sp³-hybridized carbons (Fsp3) is 0.600. The normalized spacial score (nSPS) is 21.5. The summed E-state index contributed by atoms with van der Waals surface area (Å²) in [5.74, 6) is 0.658. The molecular weight excluding hydrogens is 243 g/mol. The number of ether oxygens (including phenoxy) is 1. The predicted octanol–water partition coefficient (Wildman–Crippen LogP) is 1.81. The number of halogens is 1. The van der Waals surface area contributed by atoms with Gasteiger partial charge in [0.1, 0.15) is 17.7 Å². The molecule has 1 N–H and O–H groups in total. The Hall–Kier alpha value is -1.13. The van der Waals surface area contributed by atoms with Crippen LogP contribution < -0.4 is 10.1 Å². The van der Waals surface area contributed by atoms with E-state index in [1.165, 1.54) is 18.9 Å². The molecule has 19 heavy (non-hydrogen) atoms. The molecule has 1 unspecified atom stereocenters. The van der Waals surface area contributed by atoms with Crippen LogP contribution in [-0.4, -0.2) is 43.7 Å². The van der Waals surface area contributed by atoms with Crippen LogP contribution in [0.2, 0.25) is 0 Å². The summed E-state index contributed by atoms with van der Waals surface area (Å²) in [5, 5.41) is 3.43. The van der Waals surface area contributed by atoms with Gasteiger partial charge in [-0.15, -0.1) is 0 Å². The first-order valence-electron chi connectivity index (χ1n) is 7.08. The van der Waals surface area contributed by atoms with E-state index in [0.29, 0.717) is 0 Å². The van der Waals surface area contributed by atoms with Gasteiger partial charge in [0.2, 0.25) is 0 Å². The Morgan fingerprint density at radius 1 is 1.42 bits per heavy atom. The van der Waals surface area contributed by atoms with Crippen molar-refractivity contribution in [2.45, 2.75) is 31.4 Å². The van der Waals surface area contributed by atoms with Gasteiger partial charge in [-0.3, -0.25) is 0 Å². The second-order valence-corrected chi connectivity index (χ2v) is 5.61. The van der Waals surface area contributed by atoms with E-state index in [0.717, 1.165) is 43.4 Å². The molecule has 1 atom stereocenters. The third-order valence-electron chi connectivity index (χ3n) is 3.95. The van der Waals surface area contributed by atoms with Crippen LogP contribution in [0.3, 0.4) is 0 Å². The first-order chi connectivity index (χ1) is 9.22. The maximum Gasteiger partial charge on any atom is 0.123 e. The van der Waals surface area contributed by atoms with Crippen molar-refractivity contribution in [1.82, 2.24) is 10.2 Å². The monoisotopic (exact) mass is 264 g/mol. The Morgan fingerprint density at radius 3 is 3.05 bits per heavy atom. The molecule has 104 valence electrons. The zero-order valence-corrected chi connectivity index (χ0v) is 11.4. The van der Waals surface area contributed by atoms with E-state index in [1.54, 1.807) is 12.1 Å². The summed E-state index contributed by atoms with van der Waals surface area (Å²) in [5.41, 5.74) is 0.988. The van der Waals surface area contributed by atoms with Crippen molar-refractivity contribution in [3.05, 3.63) is 29.6 Å². The minimum Gasteiger partial charge on any atom is -0.488 e. The van der Waals surface area contributed by atoms with Crippen molar-refractivity contribution in [1.29, 1.82) is 0 Å². The summed E-state index contributed by atoms with van der Waals surface area (Å²) in [6.45, 7) is 2.89. The van der Waals surface area contributed by atoms with Gasteiger partial charge in [-0.2, -0.15) is 0 Å². The highest BCUT2D eigenvalue weighted by Gasteiger charge is 2.26. The molecule has 1 aliphatic heterocycles. The van der Waals surface area contributed by atoms with Gasteiger partial charge < -0.3 is 15.0 Å². The minimum absolute atomic E-state index is 0.142. The van der Waals surface area contributed by atoms with Crippen LogP contribution in [0.1, 0.15) is 18.4 Å². The van der Waals surface area contributed by atoms with Crippen LogP contribution in [0.4, 0.5) is 4.39 Å². The third-order valence-corrected chi connectivity index (χ3v) is 3.95. The maximum absolute atomic E-state index is 13.1. The van der Waals surface area contributed by atoms with Crippen molar-refractivity contribution >= 4 is 0 Å². The van der Waals surface area contributed by atoms with Crippen LogP contribution in [-0.2, 0) is 6.42 Å². The fourth-order valence-corrected chi connectivity index (χ4v) is 2.62. The van der Waals surface area contributed by atoms with E-state index in [2.05, 4.69) is 17.3 Å². The van der Waals surface area contributed by atoms with Gasteiger partial charge >= 0.3 is 0 Å². The summed E-state index contributed by atoms with van der Waals surface area (Å²) >= 11 is 0. The molecule has 0 radical (unpaired) electrons. The highest BCUT2D eigenvalue weighted by Crippen LogP contribution is 2.29. The molecule has 1 fully saturated rings. The summed E-state index contributed by atoms with van der Waals surface area (Å²) in [7, 11) is 2.18. The number of hydrogen-bond donors (Lipinski definition) is 1.